The van der Waals surface area contributed by atoms with Crippen molar-refractivity contribution in [2.24, 2.45) is 28.6 Å². The molecule has 0 aromatic rings. The number of carbonyl (C=O) groups excluding carboxylic acids is 1. The van der Waals surface area contributed by atoms with Gasteiger partial charge in [0.1, 0.15) is 0 Å². The quantitative estimate of drug-likeness (QED) is 0.447. The van der Waals surface area contributed by atoms with E-state index < -0.39 is 45.6 Å². The van der Waals surface area contributed by atoms with E-state index in [0.29, 0.717) is 25.7 Å². The summed E-state index contributed by atoms with van der Waals surface area (Å²) in [5, 5.41) is 43.9. The van der Waals surface area contributed by atoms with Crippen molar-refractivity contribution in [3.8, 4) is 0 Å². The molecule has 10 atom stereocenters. The largest absolute Gasteiger partial charge is 0.390 e. The van der Waals surface area contributed by atoms with Crippen LogP contribution in [-0.4, -0.2) is 67.1 Å². The molecule has 7 nitrogen and oxygen atoms in total. The van der Waals surface area contributed by atoms with Gasteiger partial charge in [0, 0.05) is 11.3 Å². The topological polar surface area (TPSA) is 116 Å². The molecular weight excluding hydrogens is 472 g/mol. The monoisotopic (exact) mass is 520 g/mol. The van der Waals surface area contributed by atoms with Crippen molar-refractivity contribution >= 4 is 5.78 Å². The van der Waals surface area contributed by atoms with Crippen LogP contribution in [0.15, 0.2) is 11.6 Å². The second kappa shape index (κ2) is 8.34. The van der Waals surface area contributed by atoms with E-state index in [4.69, 9.17) is 9.47 Å². The smallest absolute Gasteiger partial charge is 0.164 e. The second-order valence-electron chi connectivity index (χ2n) is 14.7. The van der Waals surface area contributed by atoms with Gasteiger partial charge in [-0.2, -0.15) is 0 Å². The van der Waals surface area contributed by atoms with Crippen LogP contribution in [0.25, 0.3) is 0 Å². The normalized spacial score (nSPS) is 51.3. The predicted octanol–water partition coefficient (Wildman–Crippen LogP) is 3.65. The summed E-state index contributed by atoms with van der Waals surface area (Å²) in [7, 11) is 0. The Kier molecular flexibility index (Phi) is 6.25. The minimum absolute atomic E-state index is 0.000157. The first-order chi connectivity index (χ1) is 16.9. The summed E-state index contributed by atoms with van der Waals surface area (Å²) in [5.41, 5.74) is -2.79. The Balaban J connectivity index is 1.51. The van der Waals surface area contributed by atoms with Crippen LogP contribution in [0.5, 0.6) is 0 Å². The van der Waals surface area contributed by atoms with Crippen molar-refractivity contribution < 1.29 is 34.7 Å². The number of hydrogen-bond donors (Lipinski definition) is 4. The molecule has 7 heteroatoms. The van der Waals surface area contributed by atoms with Crippen LogP contribution >= 0.6 is 0 Å². The molecule has 4 fully saturated rings. The minimum atomic E-state index is -1.15. The summed E-state index contributed by atoms with van der Waals surface area (Å²) in [5.74, 6) is -1.14. The molecule has 4 N–H and O–H groups in total. The molecule has 5 rings (SSSR count). The van der Waals surface area contributed by atoms with E-state index >= 15 is 0 Å². The number of hydrogen-bond acceptors (Lipinski definition) is 7. The number of rotatable bonds is 4. The summed E-state index contributed by atoms with van der Waals surface area (Å²) >= 11 is 0. The number of allylic oxidation sites excluding steroid dienone is 1. The third kappa shape index (κ3) is 4.02. The summed E-state index contributed by atoms with van der Waals surface area (Å²) in [6, 6.07) is 0. The highest BCUT2D eigenvalue weighted by Gasteiger charge is 2.71. The van der Waals surface area contributed by atoms with Gasteiger partial charge in [-0.25, -0.2) is 0 Å². The molecule has 5 aliphatic rings. The van der Waals surface area contributed by atoms with Crippen molar-refractivity contribution in [1.29, 1.82) is 0 Å². The van der Waals surface area contributed by atoms with Crippen LogP contribution in [0.1, 0.15) is 99.8 Å². The van der Waals surface area contributed by atoms with Gasteiger partial charge in [0.15, 0.2) is 11.6 Å². The van der Waals surface area contributed by atoms with E-state index in [-0.39, 0.29) is 36.1 Å². The minimum Gasteiger partial charge on any atom is -0.390 e. The molecule has 0 aromatic heterocycles. The van der Waals surface area contributed by atoms with Crippen LogP contribution in [0, 0.1) is 28.6 Å². The number of aliphatic hydroxyl groups excluding tert-OH is 2. The molecule has 0 amide bonds. The summed E-state index contributed by atoms with van der Waals surface area (Å²) in [4.78, 5) is 13.4. The average Bonchev–Trinajstić information content (AvgIpc) is 3.17. The maximum Gasteiger partial charge on any atom is 0.164 e. The van der Waals surface area contributed by atoms with Gasteiger partial charge in [0.05, 0.1) is 35.1 Å². The van der Waals surface area contributed by atoms with Gasteiger partial charge in [-0.15, -0.1) is 0 Å². The first-order valence-electron chi connectivity index (χ1n) is 14.3. The van der Waals surface area contributed by atoms with E-state index in [0.717, 1.165) is 24.8 Å². The second-order valence-corrected chi connectivity index (χ2v) is 14.7. The van der Waals surface area contributed by atoms with E-state index in [9.17, 15) is 25.2 Å². The Morgan fingerprint density at radius 1 is 1.03 bits per heavy atom. The number of ketones is 1. The molecule has 210 valence electrons. The molecule has 37 heavy (non-hydrogen) atoms. The Labute approximate surface area is 221 Å². The van der Waals surface area contributed by atoms with Gasteiger partial charge in [-0.05, 0) is 115 Å². The van der Waals surface area contributed by atoms with E-state index in [2.05, 4.69) is 20.8 Å². The van der Waals surface area contributed by atoms with Crippen LogP contribution in [0.3, 0.4) is 0 Å². The van der Waals surface area contributed by atoms with E-state index in [1.54, 1.807) is 6.08 Å². The van der Waals surface area contributed by atoms with Crippen LogP contribution in [0.2, 0.25) is 0 Å². The highest BCUT2D eigenvalue weighted by Crippen LogP contribution is 2.69. The van der Waals surface area contributed by atoms with Crippen molar-refractivity contribution in [1.82, 2.24) is 0 Å². The van der Waals surface area contributed by atoms with Gasteiger partial charge in [-0.3, -0.25) is 4.79 Å². The fraction of sp³-hybridized carbons (Fsp3) is 0.900. The zero-order valence-electron chi connectivity index (χ0n) is 23.7. The molecule has 0 aromatic carbocycles. The van der Waals surface area contributed by atoms with Gasteiger partial charge >= 0.3 is 0 Å². The molecule has 0 unspecified atom stereocenters. The lowest BCUT2D eigenvalue weighted by atomic mass is 9.45. The standard InChI is InChI=1S/C30H48O7/c1-25(2,34)11-10-24-29(7,37-26(3,4)36-24)23-9-13-30(35)18-14-20(31)19-15-21(32)22(33)16-27(19,5)17(18)8-12-28(23,30)6/h14,17,19,21-24,32-35H,8-13,15-16H2,1-7H3/t17-,19+,21+,22-,23+,24+,27+,28+,29+,30+/m0/s1. The van der Waals surface area contributed by atoms with Crippen molar-refractivity contribution in [2.45, 2.75) is 141 Å². The number of fused-ring (bicyclic) bond motifs is 5. The van der Waals surface area contributed by atoms with Gasteiger partial charge in [0.2, 0.25) is 0 Å². The molecule has 0 bridgehead atoms. The maximum atomic E-state index is 13.4. The lowest BCUT2D eigenvalue weighted by Crippen LogP contribution is -2.62. The Hall–Kier alpha value is -0.830. The third-order valence-electron chi connectivity index (χ3n) is 11.4. The van der Waals surface area contributed by atoms with E-state index in [1.165, 1.54) is 0 Å². The van der Waals surface area contributed by atoms with Gasteiger partial charge in [0.25, 0.3) is 0 Å². The van der Waals surface area contributed by atoms with Crippen molar-refractivity contribution in [2.75, 3.05) is 0 Å². The predicted molar refractivity (Wildman–Crippen MR) is 138 cm³/mol. The average molecular weight is 521 g/mol. The molecule has 4 aliphatic carbocycles. The lowest BCUT2D eigenvalue weighted by molar-refractivity contribution is -0.191. The number of aliphatic hydroxyl groups is 4. The Bertz CT molecular complexity index is 983. The zero-order valence-corrected chi connectivity index (χ0v) is 23.7. The van der Waals surface area contributed by atoms with Crippen LogP contribution < -0.4 is 0 Å². The number of ether oxygens (including phenoxy) is 2. The molecule has 0 radical (unpaired) electrons. The lowest BCUT2D eigenvalue weighted by Gasteiger charge is -2.60. The molecule has 0 spiro atoms. The van der Waals surface area contributed by atoms with E-state index in [1.807, 2.05) is 27.7 Å². The van der Waals surface area contributed by atoms with Crippen molar-refractivity contribution in [3.05, 3.63) is 11.6 Å². The SMILES string of the molecule is CC(C)(O)CC[C@H]1OC(C)(C)O[C@]1(C)[C@@H]1CC[C@@]2(O)C3=CC(=O)[C@H]4C[C@@H](O)[C@@H](O)C[C@]4(C)[C@H]3CC[C@]12C. The Morgan fingerprint density at radius 2 is 1.70 bits per heavy atom. The Morgan fingerprint density at radius 3 is 2.35 bits per heavy atom. The summed E-state index contributed by atoms with van der Waals surface area (Å²) in [6.45, 7) is 13.8. The highest BCUT2D eigenvalue weighted by atomic mass is 16.8. The molecule has 1 saturated heterocycles. The first kappa shape index (κ1) is 27.7. The van der Waals surface area contributed by atoms with Crippen LogP contribution in [-0.2, 0) is 14.3 Å². The maximum absolute atomic E-state index is 13.4. The zero-order chi connectivity index (χ0) is 27.4. The fourth-order valence-electron chi connectivity index (χ4n) is 9.49. The number of carbonyl (C=O) groups is 1. The van der Waals surface area contributed by atoms with Gasteiger partial charge in [-0.1, -0.05) is 13.8 Å². The summed E-state index contributed by atoms with van der Waals surface area (Å²) < 4.78 is 13.1. The highest BCUT2D eigenvalue weighted by molar-refractivity contribution is 5.95. The summed E-state index contributed by atoms with van der Waals surface area (Å²) in [6.07, 6.45) is 4.51. The molecule has 3 saturated carbocycles. The van der Waals surface area contributed by atoms with Crippen molar-refractivity contribution in [3.63, 3.8) is 0 Å². The molecule has 1 heterocycles. The fourth-order valence-corrected chi connectivity index (χ4v) is 9.49. The van der Waals surface area contributed by atoms with Crippen LogP contribution in [0.4, 0.5) is 0 Å². The molecular formula is C30H48O7. The third-order valence-corrected chi connectivity index (χ3v) is 11.4. The van der Waals surface area contributed by atoms with Gasteiger partial charge < -0.3 is 29.9 Å². The first-order valence-corrected chi connectivity index (χ1v) is 14.3. The molecule has 1 aliphatic heterocycles.